The van der Waals surface area contributed by atoms with Gasteiger partial charge in [0.15, 0.2) is 5.65 Å². The first kappa shape index (κ1) is 15.5. The molecule has 0 aliphatic heterocycles. The van der Waals surface area contributed by atoms with Crippen LogP contribution in [0.4, 0.5) is 0 Å². The summed E-state index contributed by atoms with van der Waals surface area (Å²) in [5, 5.41) is 3.00. The normalized spacial score (nSPS) is 10.9. The molecule has 1 amide bonds. The number of fused-ring (bicyclic) bond motifs is 1. The predicted molar refractivity (Wildman–Crippen MR) is 99.1 cm³/mol. The van der Waals surface area contributed by atoms with Gasteiger partial charge in [0.25, 0.3) is 5.91 Å². The number of aryl methyl sites for hydroxylation is 1. The molecule has 0 spiro atoms. The number of rotatable bonds is 4. The maximum absolute atomic E-state index is 12.7. The van der Waals surface area contributed by atoms with Gasteiger partial charge in [0, 0.05) is 17.6 Å². The molecule has 0 atom stereocenters. The van der Waals surface area contributed by atoms with Crippen molar-refractivity contribution in [3.63, 3.8) is 0 Å². The van der Waals surface area contributed by atoms with Crippen LogP contribution >= 0.6 is 11.3 Å². The number of pyridine rings is 1. The molecule has 4 aromatic rings. The van der Waals surface area contributed by atoms with Gasteiger partial charge in [0.2, 0.25) is 0 Å². The number of aromatic nitrogens is 3. The van der Waals surface area contributed by atoms with Gasteiger partial charge in [-0.15, -0.1) is 11.3 Å². The van der Waals surface area contributed by atoms with Crippen molar-refractivity contribution in [2.75, 3.05) is 0 Å². The number of hydrogen-bond donors (Lipinski definition) is 1. The number of thiophene rings is 1. The zero-order valence-electron chi connectivity index (χ0n) is 13.6. The molecule has 25 heavy (non-hydrogen) atoms. The average Bonchev–Trinajstić information content (AvgIpc) is 3.24. The van der Waals surface area contributed by atoms with Crippen molar-refractivity contribution in [2.24, 2.45) is 0 Å². The summed E-state index contributed by atoms with van der Waals surface area (Å²) in [6.45, 7) is 2.49. The second-order valence-electron chi connectivity index (χ2n) is 5.70. The summed E-state index contributed by atoms with van der Waals surface area (Å²) in [6, 6.07) is 15.6. The molecule has 0 radical (unpaired) electrons. The zero-order chi connectivity index (χ0) is 17.2. The van der Waals surface area contributed by atoms with Crippen molar-refractivity contribution in [2.45, 2.75) is 13.5 Å². The van der Waals surface area contributed by atoms with Crippen LogP contribution in [0, 0.1) is 6.92 Å². The van der Waals surface area contributed by atoms with Crippen LogP contribution in [0.15, 0.2) is 61.1 Å². The fourth-order valence-corrected chi connectivity index (χ4v) is 3.65. The minimum atomic E-state index is -0.0882. The Morgan fingerprint density at radius 3 is 2.84 bits per heavy atom. The second-order valence-corrected chi connectivity index (χ2v) is 6.96. The summed E-state index contributed by atoms with van der Waals surface area (Å²) in [6.07, 6.45) is 3.45. The van der Waals surface area contributed by atoms with E-state index >= 15 is 0 Å². The van der Waals surface area contributed by atoms with Crippen LogP contribution in [0.3, 0.4) is 0 Å². The monoisotopic (exact) mass is 348 g/mol. The molecule has 124 valence electrons. The van der Waals surface area contributed by atoms with Crippen LogP contribution < -0.4 is 5.32 Å². The Morgan fingerprint density at radius 1 is 1.16 bits per heavy atom. The van der Waals surface area contributed by atoms with E-state index in [1.54, 1.807) is 12.5 Å². The summed E-state index contributed by atoms with van der Waals surface area (Å²) >= 11 is 1.48. The van der Waals surface area contributed by atoms with E-state index in [0.29, 0.717) is 11.4 Å². The van der Waals surface area contributed by atoms with Gasteiger partial charge in [0.05, 0.1) is 5.69 Å². The molecule has 0 aliphatic carbocycles. The molecule has 1 aromatic carbocycles. The summed E-state index contributed by atoms with van der Waals surface area (Å²) in [7, 11) is 0. The van der Waals surface area contributed by atoms with E-state index in [9.17, 15) is 4.79 Å². The zero-order valence-corrected chi connectivity index (χ0v) is 14.5. The van der Waals surface area contributed by atoms with Crippen molar-refractivity contribution >= 4 is 28.4 Å². The Bertz CT molecular complexity index is 1040. The first-order valence-electron chi connectivity index (χ1n) is 7.93. The number of benzene rings is 1. The number of carbonyl (C=O) groups is 1. The average molecular weight is 348 g/mol. The van der Waals surface area contributed by atoms with Gasteiger partial charge in [-0.05, 0) is 30.7 Å². The van der Waals surface area contributed by atoms with E-state index < -0.39 is 0 Å². The van der Waals surface area contributed by atoms with Crippen LogP contribution in [-0.4, -0.2) is 20.4 Å². The van der Waals surface area contributed by atoms with Crippen LogP contribution in [0.1, 0.15) is 20.1 Å². The van der Waals surface area contributed by atoms with E-state index in [2.05, 4.69) is 15.3 Å². The Morgan fingerprint density at radius 2 is 2.00 bits per heavy atom. The smallest absolute Gasteiger partial charge is 0.263 e. The SMILES string of the molecule is Cc1cc(-n2cnc3cccnc32)c(C(=O)NCc2ccccc2)s1. The number of imidazole rings is 1. The Kier molecular flexibility index (Phi) is 4.03. The van der Waals surface area contributed by atoms with E-state index in [1.807, 2.05) is 60.0 Å². The molecule has 5 nitrogen and oxygen atoms in total. The van der Waals surface area contributed by atoms with Gasteiger partial charge in [-0.1, -0.05) is 30.3 Å². The number of carbonyl (C=O) groups excluding carboxylic acids is 1. The molecule has 6 heteroatoms. The maximum atomic E-state index is 12.7. The van der Waals surface area contributed by atoms with Gasteiger partial charge < -0.3 is 5.32 Å². The molecule has 0 fully saturated rings. The van der Waals surface area contributed by atoms with E-state index in [0.717, 1.165) is 27.3 Å². The molecule has 3 aromatic heterocycles. The molecule has 3 heterocycles. The van der Waals surface area contributed by atoms with Crippen LogP contribution in [0.25, 0.3) is 16.9 Å². The van der Waals surface area contributed by atoms with Gasteiger partial charge in [-0.25, -0.2) is 9.97 Å². The highest BCUT2D eigenvalue weighted by atomic mass is 32.1. The summed E-state index contributed by atoms with van der Waals surface area (Å²) < 4.78 is 1.87. The Hall–Kier alpha value is -2.99. The highest BCUT2D eigenvalue weighted by Crippen LogP contribution is 2.27. The summed E-state index contributed by atoms with van der Waals surface area (Å²) in [5.74, 6) is -0.0882. The molecule has 4 rings (SSSR count). The molecular weight excluding hydrogens is 332 g/mol. The van der Waals surface area contributed by atoms with Crippen molar-refractivity contribution in [3.05, 3.63) is 76.4 Å². The Balaban J connectivity index is 1.66. The van der Waals surface area contributed by atoms with Crippen molar-refractivity contribution in [1.29, 1.82) is 0 Å². The molecule has 1 N–H and O–H groups in total. The highest BCUT2D eigenvalue weighted by Gasteiger charge is 2.18. The van der Waals surface area contributed by atoms with Gasteiger partial charge in [-0.2, -0.15) is 0 Å². The lowest BCUT2D eigenvalue weighted by molar-refractivity contribution is 0.0955. The number of hydrogen-bond acceptors (Lipinski definition) is 4. The fourth-order valence-electron chi connectivity index (χ4n) is 2.73. The van der Waals surface area contributed by atoms with E-state index in [-0.39, 0.29) is 5.91 Å². The topological polar surface area (TPSA) is 59.8 Å². The first-order chi connectivity index (χ1) is 12.2. The minimum absolute atomic E-state index is 0.0882. The third-order valence-corrected chi connectivity index (χ3v) is 4.94. The van der Waals surface area contributed by atoms with E-state index in [4.69, 9.17) is 0 Å². The third kappa shape index (κ3) is 3.04. The molecule has 0 saturated heterocycles. The number of nitrogens with one attached hydrogen (secondary N) is 1. The van der Waals surface area contributed by atoms with Crippen LogP contribution in [-0.2, 0) is 6.54 Å². The second kappa shape index (κ2) is 6.49. The lowest BCUT2D eigenvalue weighted by Crippen LogP contribution is -2.23. The number of nitrogens with zero attached hydrogens (tertiary/aromatic N) is 3. The number of amides is 1. The first-order valence-corrected chi connectivity index (χ1v) is 8.75. The van der Waals surface area contributed by atoms with Gasteiger partial charge in [-0.3, -0.25) is 9.36 Å². The van der Waals surface area contributed by atoms with Crippen molar-refractivity contribution in [1.82, 2.24) is 19.9 Å². The van der Waals surface area contributed by atoms with Gasteiger partial charge >= 0.3 is 0 Å². The quantitative estimate of drug-likeness (QED) is 0.611. The largest absolute Gasteiger partial charge is 0.347 e. The van der Waals surface area contributed by atoms with E-state index in [1.165, 1.54) is 11.3 Å². The summed E-state index contributed by atoms with van der Waals surface area (Å²) in [5.41, 5.74) is 3.44. The van der Waals surface area contributed by atoms with Crippen molar-refractivity contribution < 1.29 is 4.79 Å². The lowest BCUT2D eigenvalue weighted by atomic mass is 10.2. The maximum Gasteiger partial charge on any atom is 0.263 e. The summed E-state index contributed by atoms with van der Waals surface area (Å²) in [4.78, 5) is 23.2. The molecule has 0 unspecified atom stereocenters. The standard InChI is InChI=1S/C19H16N4OS/c1-13-10-16(23-12-22-15-8-5-9-20-18(15)23)17(25-13)19(24)21-11-14-6-3-2-4-7-14/h2-10,12H,11H2,1H3,(H,21,24). The van der Waals surface area contributed by atoms with Crippen LogP contribution in [0.5, 0.6) is 0 Å². The molecule has 0 bridgehead atoms. The third-order valence-electron chi connectivity index (χ3n) is 3.90. The minimum Gasteiger partial charge on any atom is -0.347 e. The lowest BCUT2D eigenvalue weighted by Gasteiger charge is -2.07. The highest BCUT2D eigenvalue weighted by molar-refractivity contribution is 7.14. The molecular formula is C19H16N4OS. The molecule has 0 saturated carbocycles. The van der Waals surface area contributed by atoms with Gasteiger partial charge in [0.1, 0.15) is 16.7 Å². The Labute approximate surface area is 149 Å². The van der Waals surface area contributed by atoms with Crippen LogP contribution in [0.2, 0.25) is 0 Å². The van der Waals surface area contributed by atoms with Crippen molar-refractivity contribution in [3.8, 4) is 5.69 Å². The predicted octanol–water partition coefficient (Wildman–Crippen LogP) is 3.72. The molecule has 0 aliphatic rings. The fraction of sp³-hybridized carbons (Fsp3) is 0.105.